The van der Waals surface area contributed by atoms with Crippen molar-refractivity contribution in [3.8, 4) is 22.8 Å². The van der Waals surface area contributed by atoms with Gasteiger partial charge in [-0.15, -0.1) is 0 Å². The molecule has 0 atom stereocenters. The molecule has 0 aliphatic rings. The Bertz CT molecular complexity index is 952. The van der Waals surface area contributed by atoms with E-state index >= 15 is 0 Å². The van der Waals surface area contributed by atoms with Crippen LogP contribution in [-0.4, -0.2) is 25.8 Å². The van der Waals surface area contributed by atoms with Crippen molar-refractivity contribution < 1.29 is 18.7 Å². The van der Waals surface area contributed by atoms with Crippen molar-refractivity contribution in [1.82, 2.24) is 5.43 Å². The standard InChI is InChI=1S/C20H17ClN2O4/c1-25-18-8-4-5-9-19(18)26-13-20(24)23-22-12-14-10-11-17(27-14)15-6-2-3-7-16(15)21/h2-12H,13H2,1H3,(H,23,24)/b22-12+. The average molecular weight is 385 g/mol. The van der Waals surface area contributed by atoms with Crippen molar-refractivity contribution in [2.24, 2.45) is 5.10 Å². The third kappa shape index (κ3) is 4.89. The number of halogens is 1. The van der Waals surface area contributed by atoms with Crippen LogP contribution in [0.5, 0.6) is 11.5 Å². The predicted octanol–water partition coefficient (Wildman–Crippen LogP) is 4.14. The number of nitrogens with zero attached hydrogens (tertiary/aromatic N) is 1. The van der Waals surface area contributed by atoms with Crippen LogP contribution in [0, 0.1) is 0 Å². The van der Waals surface area contributed by atoms with Gasteiger partial charge < -0.3 is 13.9 Å². The van der Waals surface area contributed by atoms with Gasteiger partial charge in [-0.3, -0.25) is 4.79 Å². The van der Waals surface area contributed by atoms with Gasteiger partial charge in [-0.25, -0.2) is 5.43 Å². The van der Waals surface area contributed by atoms with Crippen LogP contribution < -0.4 is 14.9 Å². The van der Waals surface area contributed by atoms with Gasteiger partial charge in [-0.05, 0) is 36.4 Å². The molecule has 1 N–H and O–H groups in total. The van der Waals surface area contributed by atoms with E-state index in [0.717, 1.165) is 5.56 Å². The number of para-hydroxylation sites is 2. The average Bonchev–Trinajstić information content (AvgIpc) is 3.15. The quantitative estimate of drug-likeness (QED) is 0.491. The Labute approximate surface area is 161 Å². The van der Waals surface area contributed by atoms with E-state index in [1.165, 1.54) is 13.3 Å². The molecule has 0 saturated carbocycles. The maximum Gasteiger partial charge on any atom is 0.277 e. The highest BCUT2D eigenvalue weighted by molar-refractivity contribution is 6.33. The fraction of sp³-hybridized carbons (Fsp3) is 0.100. The number of methoxy groups -OCH3 is 1. The summed E-state index contributed by atoms with van der Waals surface area (Å²) in [6, 6.07) is 18.0. The van der Waals surface area contributed by atoms with E-state index in [4.69, 9.17) is 25.5 Å². The number of hydrazone groups is 1. The summed E-state index contributed by atoms with van der Waals surface area (Å²) in [5.74, 6) is 1.73. The van der Waals surface area contributed by atoms with Gasteiger partial charge in [0, 0.05) is 5.56 Å². The molecule has 1 amide bonds. The molecule has 3 aromatic rings. The zero-order valence-electron chi connectivity index (χ0n) is 14.5. The molecular weight excluding hydrogens is 368 g/mol. The lowest BCUT2D eigenvalue weighted by molar-refractivity contribution is -0.123. The monoisotopic (exact) mass is 384 g/mol. The maximum atomic E-state index is 11.8. The van der Waals surface area contributed by atoms with Crippen LogP contribution in [0.3, 0.4) is 0 Å². The van der Waals surface area contributed by atoms with Crippen molar-refractivity contribution in [1.29, 1.82) is 0 Å². The van der Waals surface area contributed by atoms with E-state index in [0.29, 0.717) is 28.0 Å². The molecule has 138 valence electrons. The number of benzene rings is 2. The zero-order chi connectivity index (χ0) is 19.1. The predicted molar refractivity (Wildman–Crippen MR) is 103 cm³/mol. The molecule has 0 radical (unpaired) electrons. The second-order valence-electron chi connectivity index (χ2n) is 5.41. The minimum atomic E-state index is -0.407. The van der Waals surface area contributed by atoms with Crippen molar-refractivity contribution in [3.05, 3.63) is 71.4 Å². The molecule has 0 unspecified atom stereocenters. The third-order valence-corrected chi connectivity index (χ3v) is 3.90. The molecular formula is C20H17ClN2O4. The molecule has 2 aromatic carbocycles. The first-order valence-electron chi connectivity index (χ1n) is 8.10. The Hall–Kier alpha value is -3.25. The highest BCUT2D eigenvalue weighted by atomic mass is 35.5. The largest absolute Gasteiger partial charge is 0.493 e. The number of hydrogen-bond acceptors (Lipinski definition) is 5. The fourth-order valence-electron chi connectivity index (χ4n) is 2.31. The third-order valence-electron chi connectivity index (χ3n) is 3.57. The molecule has 0 spiro atoms. The lowest BCUT2D eigenvalue weighted by atomic mass is 10.2. The van der Waals surface area contributed by atoms with Crippen LogP contribution in [0.2, 0.25) is 5.02 Å². The summed E-state index contributed by atoms with van der Waals surface area (Å²) in [6.07, 6.45) is 1.40. The molecule has 1 aromatic heterocycles. The lowest BCUT2D eigenvalue weighted by Crippen LogP contribution is -2.24. The SMILES string of the molecule is COc1ccccc1OCC(=O)N/N=C/c1ccc(-c2ccccc2Cl)o1. The first-order valence-corrected chi connectivity index (χ1v) is 8.47. The Kier molecular flexibility index (Phi) is 6.12. The van der Waals surface area contributed by atoms with E-state index in [-0.39, 0.29) is 6.61 Å². The van der Waals surface area contributed by atoms with Gasteiger partial charge in [0.25, 0.3) is 5.91 Å². The Balaban J connectivity index is 1.53. The number of rotatable bonds is 7. The first kappa shape index (κ1) is 18.5. The van der Waals surface area contributed by atoms with E-state index in [2.05, 4.69) is 10.5 Å². The number of carbonyl (C=O) groups excluding carboxylic acids is 1. The Morgan fingerprint density at radius 2 is 1.85 bits per heavy atom. The summed E-state index contributed by atoms with van der Waals surface area (Å²) < 4.78 is 16.2. The molecule has 0 aliphatic heterocycles. The molecule has 0 aliphatic carbocycles. The highest BCUT2D eigenvalue weighted by Crippen LogP contribution is 2.28. The number of furan rings is 1. The van der Waals surface area contributed by atoms with Crippen molar-refractivity contribution in [3.63, 3.8) is 0 Å². The van der Waals surface area contributed by atoms with Crippen LogP contribution in [0.4, 0.5) is 0 Å². The minimum Gasteiger partial charge on any atom is -0.493 e. The van der Waals surface area contributed by atoms with Crippen LogP contribution >= 0.6 is 11.6 Å². The number of carbonyl (C=O) groups is 1. The normalized spacial score (nSPS) is 10.7. The second-order valence-corrected chi connectivity index (χ2v) is 5.82. The van der Waals surface area contributed by atoms with Gasteiger partial charge in [0.05, 0.1) is 18.3 Å². The molecule has 7 heteroatoms. The molecule has 0 fully saturated rings. The van der Waals surface area contributed by atoms with Gasteiger partial charge in [0.15, 0.2) is 18.1 Å². The molecule has 3 rings (SSSR count). The van der Waals surface area contributed by atoms with E-state index in [1.54, 1.807) is 36.4 Å². The topological polar surface area (TPSA) is 73.1 Å². The first-order chi connectivity index (χ1) is 13.2. The van der Waals surface area contributed by atoms with Gasteiger partial charge in [-0.2, -0.15) is 5.10 Å². The van der Waals surface area contributed by atoms with Gasteiger partial charge in [0.2, 0.25) is 0 Å². The van der Waals surface area contributed by atoms with Crippen LogP contribution in [0.1, 0.15) is 5.76 Å². The van der Waals surface area contributed by atoms with Crippen molar-refractivity contribution in [2.75, 3.05) is 13.7 Å². The maximum absolute atomic E-state index is 11.8. The number of hydrogen-bond donors (Lipinski definition) is 1. The Morgan fingerprint density at radius 3 is 2.63 bits per heavy atom. The number of ether oxygens (including phenoxy) is 2. The summed E-state index contributed by atoms with van der Waals surface area (Å²) in [5.41, 5.74) is 3.16. The van der Waals surface area contributed by atoms with E-state index in [1.807, 2.05) is 24.3 Å². The molecule has 0 bridgehead atoms. The van der Waals surface area contributed by atoms with Crippen LogP contribution in [-0.2, 0) is 4.79 Å². The molecule has 6 nitrogen and oxygen atoms in total. The summed E-state index contributed by atoms with van der Waals surface area (Å²) in [4.78, 5) is 11.8. The van der Waals surface area contributed by atoms with Crippen molar-refractivity contribution >= 4 is 23.7 Å². The summed E-state index contributed by atoms with van der Waals surface area (Å²) >= 11 is 6.15. The Morgan fingerprint density at radius 1 is 1.11 bits per heavy atom. The van der Waals surface area contributed by atoms with Gasteiger partial charge in [-0.1, -0.05) is 35.9 Å². The van der Waals surface area contributed by atoms with E-state index in [9.17, 15) is 4.79 Å². The van der Waals surface area contributed by atoms with Crippen LogP contribution in [0.15, 0.2) is 70.2 Å². The molecule has 0 saturated heterocycles. The minimum absolute atomic E-state index is 0.194. The zero-order valence-corrected chi connectivity index (χ0v) is 15.3. The number of nitrogens with one attached hydrogen (secondary N) is 1. The van der Waals surface area contributed by atoms with Crippen LogP contribution in [0.25, 0.3) is 11.3 Å². The second kappa shape index (κ2) is 8.91. The van der Waals surface area contributed by atoms with Gasteiger partial charge in [0.1, 0.15) is 11.5 Å². The summed E-state index contributed by atoms with van der Waals surface area (Å²) in [5, 5.41) is 4.46. The molecule has 1 heterocycles. The van der Waals surface area contributed by atoms with Crippen molar-refractivity contribution in [2.45, 2.75) is 0 Å². The summed E-state index contributed by atoms with van der Waals surface area (Å²) in [6.45, 7) is -0.194. The van der Waals surface area contributed by atoms with Gasteiger partial charge >= 0.3 is 0 Å². The highest BCUT2D eigenvalue weighted by Gasteiger charge is 2.08. The number of amides is 1. The van der Waals surface area contributed by atoms with E-state index < -0.39 is 5.91 Å². The lowest BCUT2D eigenvalue weighted by Gasteiger charge is -2.08. The summed E-state index contributed by atoms with van der Waals surface area (Å²) in [7, 11) is 1.53. The smallest absolute Gasteiger partial charge is 0.277 e. The fourth-order valence-corrected chi connectivity index (χ4v) is 2.54. The molecule has 27 heavy (non-hydrogen) atoms.